The second-order valence-electron chi connectivity index (χ2n) is 6.31. The molecule has 30 heavy (non-hydrogen) atoms. The molecular weight excluding hydrogens is 406 g/mol. The van der Waals surface area contributed by atoms with Crippen LogP contribution in [0.1, 0.15) is 5.56 Å². The second-order valence-corrected chi connectivity index (χ2v) is 7.24. The monoisotopic (exact) mass is 429 g/mol. The van der Waals surface area contributed by atoms with Crippen LogP contribution in [0.2, 0.25) is 0 Å². The van der Waals surface area contributed by atoms with Crippen LogP contribution >= 0.6 is 11.8 Å². The highest BCUT2D eigenvalue weighted by Gasteiger charge is 2.18. The summed E-state index contributed by atoms with van der Waals surface area (Å²) >= 11 is 1.19. The number of hydrogen-bond donors (Lipinski definition) is 0. The number of thioether (sulfide) groups is 1. The Kier molecular flexibility index (Phi) is 7.18. The van der Waals surface area contributed by atoms with Crippen molar-refractivity contribution in [3.05, 3.63) is 48.0 Å². The third-order valence-electron chi connectivity index (χ3n) is 4.33. The van der Waals surface area contributed by atoms with Gasteiger partial charge in [-0.2, -0.15) is 0 Å². The molecule has 8 nitrogen and oxygen atoms in total. The molecule has 0 saturated heterocycles. The first-order chi connectivity index (χ1) is 14.5. The van der Waals surface area contributed by atoms with Crippen molar-refractivity contribution in [3.63, 3.8) is 0 Å². The molecule has 1 aromatic heterocycles. The Labute approximate surface area is 179 Å². The summed E-state index contributed by atoms with van der Waals surface area (Å²) in [5.74, 6) is 1.90. The highest BCUT2D eigenvalue weighted by molar-refractivity contribution is 7.99. The predicted molar refractivity (Wildman–Crippen MR) is 113 cm³/mol. The summed E-state index contributed by atoms with van der Waals surface area (Å²) in [6.07, 6.45) is 0. The van der Waals surface area contributed by atoms with E-state index in [1.54, 1.807) is 24.1 Å². The average Bonchev–Trinajstić information content (AvgIpc) is 3.26. The van der Waals surface area contributed by atoms with E-state index >= 15 is 0 Å². The number of ether oxygens (including phenoxy) is 3. The van der Waals surface area contributed by atoms with Crippen LogP contribution in [0.3, 0.4) is 0 Å². The van der Waals surface area contributed by atoms with E-state index in [1.165, 1.54) is 33.1 Å². The molecule has 0 fully saturated rings. The highest BCUT2D eigenvalue weighted by Crippen LogP contribution is 2.41. The van der Waals surface area contributed by atoms with Crippen LogP contribution in [0, 0.1) is 0 Å². The lowest BCUT2D eigenvalue weighted by Crippen LogP contribution is -2.27. The predicted octanol–water partition coefficient (Wildman–Crippen LogP) is 3.51. The fourth-order valence-corrected chi connectivity index (χ4v) is 3.47. The van der Waals surface area contributed by atoms with Gasteiger partial charge in [0.05, 0.1) is 27.1 Å². The van der Waals surface area contributed by atoms with Crippen LogP contribution in [0.15, 0.2) is 52.1 Å². The van der Waals surface area contributed by atoms with Crippen molar-refractivity contribution in [2.24, 2.45) is 0 Å². The van der Waals surface area contributed by atoms with Crippen LogP contribution in [-0.4, -0.2) is 55.1 Å². The number of hydrogen-bond acceptors (Lipinski definition) is 8. The Morgan fingerprint density at radius 3 is 2.30 bits per heavy atom. The molecule has 0 saturated carbocycles. The summed E-state index contributed by atoms with van der Waals surface area (Å²) in [4.78, 5) is 14.1. The zero-order valence-electron chi connectivity index (χ0n) is 17.2. The lowest BCUT2D eigenvalue weighted by Gasteiger charge is -2.16. The maximum atomic E-state index is 12.4. The fraction of sp³-hybridized carbons (Fsp3) is 0.286. The zero-order chi connectivity index (χ0) is 21.5. The zero-order valence-corrected chi connectivity index (χ0v) is 18.1. The molecule has 0 aliphatic heterocycles. The largest absolute Gasteiger partial charge is 0.493 e. The topological polar surface area (TPSA) is 86.9 Å². The molecule has 3 rings (SSSR count). The number of carbonyl (C=O) groups excluding carboxylic acids is 1. The standard InChI is InChI=1S/C21H23N3O5S/c1-24(12-14-8-6-5-7-9-14)18(25)13-30-21-23-22-20(29-21)15-10-16(26-2)19(28-4)17(11-15)27-3/h5-11H,12-13H2,1-4H3. The van der Waals surface area contributed by atoms with E-state index in [9.17, 15) is 4.79 Å². The number of nitrogens with zero attached hydrogens (tertiary/aromatic N) is 3. The quantitative estimate of drug-likeness (QED) is 0.478. The molecular formula is C21H23N3O5S. The highest BCUT2D eigenvalue weighted by atomic mass is 32.2. The maximum Gasteiger partial charge on any atom is 0.277 e. The van der Waals surface area contributed by atoms with Crippen molar-refractivity contribution in [3.8, 4) is 28.7 Å². The van der Waals surface area contributed by atoms with E-state index in [0.29, 0.717) is 40.5 Å². The number of carbonyl (C=O) groups is 1. The molecule has 0 spiro atoms. The molecule has 1 amide bonds. The lowest BCUT2D eigenvalue weighted by atomic mass is 10.2. The molecule has 9 heteroatoms. The number of amides is 1. The van der Waals surface area contributed by atoms with Gasteiger partial charge in [0.1, 0.15) is 0 Å². The summed E-state index contributed by atoms with van der Waals surface area (Å²) in [7, 11) is 6.37. The van der Waals surface area contributed by atoms with Crippen molar-refractivity contribution < 1.29 is 23.4 Å². The number of benzene rings is 2. The van der Waals surface area contributed by atoms with Crippen molar-refractivity contribution in [2.75, 3.05) is 34.1 Å². The Balaban J connectivity index is 1.66. The molecule has 3 aromatic rings. The third kappa shape index (κ3) is 5.04. The first-order valence-electron chi connectivity index (χ1n) is 9.10. The number of rotatable bonds is 9. The van der Waals surface area contributed by atoms with Crippen molar-refractivity contribution >= 4 is 17.7 Å². The fourth-order valence-electron chi connectivity index (χ4n) is 2.77. The van der Waals surface area contributed by atoms with Crippen LogP contribution in [0.5, 0.6) is 17.2 Å². The average molecular weight is 429 g/mol. The van der Waals surface area contributed by atoms with E-state index in [2.05, 4.69) is 10.2 Å². The van der Waals surface area contributed by atoms with Gasteiger partial charge in [-0.1, -0.05) is 42.1 Å². The van der Waals surface area contributed by atoms with E-state index in [-0.39, 0.29) is 11.7 Å². The molecule has 158 valence electrons. The molecule has 0 unspecified atom stereocenters. The van der Waals surface area contributed by atoms with Gasteiger partial charge in [0.25, 0.3) is 5.22 Å². The van der Waals surface area contributed by atoms with Crippen LogP contribution in [0.4, 0.5) is 0 Å². The van der Waals surface area contributed by atoms with E-state index in [0.717, 1.165) is 5.56 Å². The third-order valence-corrected chi connectivity index (χ3v) is 5.13. The lowest BCUT2D eigenvalue weighted by molar-refractivity contribution is -0.127. The summed E-state index contributed by atoms with van der Waals surface area (Å²) in [5.41, 5.74) is 1.69. The molecule has 0 aliphatic carbocycles. The Morgan fingerprint density at radius 1 is 1.03 bits per heavy atom. The van der Waals surface area contributed by atoms with Crippen LogP contribution in [0.25, 0.3) is 11.5 Å². The number of methoxy groups -OCH3 is 3. The summed E-state index contributed by atoms with van der Waals surface area (Å²) in [5, 5.41) is 8.40. The van der Waals surface area contributed by atoms with Gasteiger partial charge in [-0.3, -0.25) is 4.79 Å². The summed E-state index contributed by atoms with van der Waals surface area (Å²) < 4.78 is 21.7. The molecule has 1 heterocycles. The minimum absolute atomic E-state index is 0.0311. The minimum atomic E-state index is -0.0311. The summed E-state index contributed by atoms with van der Waals surface area (Å²) in [6, 6.07) is 13.3. The van der Waals surface area contributed by atoms with Gasteiger partial charge in [-0.25, -0.2) is 0 Å². The van der Waals surface area contributed by atoms with Gasteiger partial charge < -0.3 is 23.5 Å². The van der Waals surface area contributed by atoms with Gasteiger partial charge in [0.15, 0.2) is 11.5 Å². The van der Waals surface area contributed by atoms with Crippen molar-refractivity contribution in [1.29, 1.82) is 0 Å². The van der Waals surface area contributed by atoms with Gasteiger partial charge in [-0.15, -0.1) is 10.2 Å². The summed E-state index contributed by atoms with van der Waals surface area (Å²) in [6.45, 7) is 0.542. The van der Waals surface area contributed by atoms with Crippen LogP contribution < -0.4 is 14.2 Å². The van der Waals surface area contributed by atoms with Gasteiger partial charge in [0, 0.05) is 19.2 Å². The van der Waals surface area contributed by atoms with Crippen molar-refractivity contribution in [1.82, 2.24) is 15.1 Å². The minimum Gasteiger partial charge on any atom is -0.493 e. The molecule has 2 aromatic carbocycles. The van der Waals surface area contributed by atoms with E-state index < -0.39 is 0 Å². The van der Waals surface area contributed by atoms with E-state index in [1.807, 2.05) is 30.3 Å². The van der Waals surface area contributed by atoms with Gasteiger partial charge in [0.2, 0.25) is 17.5 Å². The normalized spacial score (nSPS) is 10.5. The molecule has 0 N–H and O–H groups in total. The molecule has 0 bridgehead atoms. The van der Waals surface area contributed by atoms with Gasteiger partial charge in [-0.05, 0) is 17.7 Å². The SMILES string of the molecule is COc1cc(-c2nnc(SCC(=O)N(C)Cc3ccccc3)o2)cc(OC)c1OC. The molecule has 0 atom stereocenters. The first-order valence-corrected chi connectivity index (χ1v) is 10.1. The Hall–Kier alpha value is -3.20. The van der Waals surface area contributed by atoms with Gasteiger partial charge >= 0.3 is 0 Å². The van der Waals surface area contributed by atoms with E-state index in [4.69, 9.17) is 18.6 Å². The Bertz CT molecular complexity index is 968. The maximum absolute atomic E-state index is 12.4. The molecule has 0 radical (unpaired) electrons. The number of aromatic nitrogens is 2. The second kappa shape index (κ2) is 10.0. The van der Waals surface area contributed by atoms with Crippen molar-refractivity contribution in [2.45, 2.75) is 11.8 Å². The van der Waals surface area contributed by atoms with Crippen LogP contribution in [-0.2, 0) is 11.3 Å². The Morgan fingerprint density at radius 2 is 1.70 bits per heavy atom. The first kappa shape index (κ1) is 21.5. The molecule has 0 aliphatic rings. The smallest absolute Gasteiger partial charge is 0.277 e.